The van der Waals surface area contributed by atoms with Crippen LogP contribution in [-0.2, 0) is 13.0 Å². The summed E-state index contributed by atoms with van der Waals surface area (Å²) in [6.45, 7) is 3.89. The van der Waals surface area contributed by atoms with Gasteiger partial charge >= 0.3 is 0 Å². The molecule has 0 unspecified atom stereocenters. The Morgan fingerprint density at radius 1 is 0.958 bits per heavy atom. The number of methoxy groups -OCH3 is 1. The van der Waals surface area contributed by atoms with Gasteiger partial charge in [-0.05, 0) is 49.2 Å². The molecule has 2 rings (SSSR count). The summed E-state index contributed by atoms with van der Waals surface area (Å²) in [7, 11) is 1.62. The van der Waals surface area contributed by atoms with E-state index in [9.17, 15) is 0 Å². The van der Waals surface area contributed by atoms with Crippen LogP contribution >= 0.6 is 34.8 Å². The highest BCUT2D eigenvalue weighted by molar-refractivity contribution is 6.35. The number of ether oxygens (including phenoxy) is 2. The zero-order valence-electron chi connectivity index (χ0n) is 13.7. The van der Waals surface area contributed by atoms with E-state index in [0.717, 1.165) is 24.1 Å². The largest absolute Gasteiger partial charge is 0.493 e. The van der Waals surface area contributed by atoms with Crippen LogP contribution in [-0.4, -0.2) is 20.3 Å². The molecule has 2 aromatic rings. The van der Waals surface area contributed by atoms with Crippen molar-refractivity contribution in [2.75, 3.05) is 20.3 Å². The molecule has 0 fully saturated rings. The van der Waals surface area contributed by atoms with Gasteiger partial charge in [-0.2, -0.15) is 0 Å². The summed E-state index contributed by atoms with van der Waals surface area (Å²) in [4.78, 5) is 0. The highest BCUT2D eigenvalue weighted by atomic mass is 35.5. The number of hydrogen-bond donors (Lipinski definition) is 1. The van der Waals surface area contributed by atoms with Crippen molar-refractivity contribution in [2.24, 2.45) is 0 Å². The number of nitrogens with one attached hydrogen (secondary N) is 1. The molecule has 0 radical (unpaired) electrons. The molecule has 0 bridgehead atoms. The normalized spacial score (nSPS) is 10.7. The van der Waals surface area contributed by atoms with Gasteiger partial charge in [0.1, 0.15) is 0 Å². The second-order valence-corrected chi connectivity index (χ2v) is 6.44. The summed E-state index contributed by atoms with van der Waals surface area (Å²) >= 11 is 18.4. The fourth-order valence-electron chi connectivity index (χ4n) is 2.31. The Kier molecular flexibility index (Phi) is 7.50. The number of rotatable bonds is 8. The zero-order valence-corrected chi connectivity index (χ0v) is 15.9. The maximum atomic E-state index is 6.32. The molecule has 0 saturated heterocycles. The van der Waals surface area contributed by atoms with Gasteiger partial charge in [0.15, 0.2) is 11.5 Å². The lowest BCUT2D eigenvalue weighted by molar-refractivity contribution is 0.310. The standard InChI is InChI=1S/C18H20Cl3NO2/c1-3-24-18-10-16(21)13(8-17(18)23-2)11-22-7-6-12-4-5-14(19)9-15(12)20/h4-5,8-10,22H,3,6-7,11H2,1-2H3. The fraction of sp³-hybridized carbons (Fsp3) is 0.333. The van der Waals surface area contributed by atoms with Gasteiger partial charge in [-0.1, -0.05) is 40.9 Å². The van der Waals surface area contributed by atoms with E-state index in [2.05, 4.69) is 5.32 Å². The van der Waals surface area contributed by atoms with Crippen LogP contribution in [0.4, 0.5) is 0 Å². The molecule has 130 valence electrons. The van der Waals surface area contributed by atoms with E-state index in [1.807, 2.05) is 25.1 Å². The molecule has 1 N–H and O–H groups in total. The van der Waals surface area contributed by atoms with Gasteiger partial charge in [0.2, 0.25) is 0 Å². The average molecular weight is 389 g/mol. The van der Waals surface area contributed by atoms with Crippen molar-refractivity contribution in [2.45, 2.75) is 19.9 Å². The van der Waals surface area contributed by atoms with Crippen LogP contribution < -0.4 is 14.8 Å². The Morgan fingerprint density at radius 2 is 1.71 bits per heavy atom. The maximum Gasteiger partial charge on any atom is 0.162 e. The lowest BCUT2D eigenvalue weighted by Gasteiger charge is -2.13. The summed E-state index contributed by atoms with van der Waals surface area (Å²) in [5.74, 6) is 1.33. The van der Waals surface area contributed by atoms with Gasteiger partial charge in [0, 0.05) is 27.7 Å². The van der Waals surface area contributed by atoms with Gasteiger partial charge in [-0.15, -0.1) is 0 Å². The average Bonchev–Trinajstić information content (AvgIpc) is 2.55. The van der Waals surface area contributed by atoms with Crippen molar-refractivity contribution in [3.8, 4) is 11.5 Å². The molecule has 6 heteroatoms. The number of benzene rings is 2. The van der Waals surface area contributed by atoms with Gasteiger partial charge < -0.3 is 14.8 Å². The molecule has 0 aliphatic heterocycles. The van der Waals surface area contributed by atoms with Crippen molar-refractivity contribution >= 4 is 34.8 Å². The molecule has 0 aliphatic carbocycles. The Bertz CT molecular complexity index is 692. The minimum atomic E-state index is 0.562. The molecule has 0 aromatic heterocycles. The minimum absolute atomic E-state index is 0.562. The first-order valence-electron chi connectivity index (χ1n) is 7.69. The molecule has 0 saturated carbocycles. The Balaban J connectivity index is 1.94. The first-order chi connectivity index (χ1) is 11.5. The smallest absolute Gasteiger partial charge is 0.162 e. The van der Waals surface area contributed by atoms with Crippen molar-refractivity contribution in [3.05, 3.63) is 56.5 Å². The third-order valence-corrected chi connectivity index (χ3v) is 4.47. The van der Waals surface area contributed by atoms with E-state index >= 15 is 0 Å². The Labute approximate surface area is 157 Å². The number of hydrogen-bond acceptors (Lipinski definition) is 3. The van der Waals surface area contributed by atoms with Crippen LogP contribution in [0.15, 0.2) is 30.3 Å². The van der Waals surface area contributed by atoms with E-state index in [-0.39, 0.29) is 0 Å². The maximum absolute atomic E-state index is 6.32. The molecular weight excluding hydrogens is 369 g/mol. The molecule has 24 heavy (non-hydrogen) atoms. The molecule has 0 amide bonds. The summed E-state index contributed by atoms with van der Waals surface area (Å²) in [5.41, 5.74) is 2.02. The van der Waals surface area contributed by atoms with Crippen molar-refractivity contribution in [1.82, 2.24) is 5.32 Å². The van der Waals surface area contributed by atoms with Crippen molar-refractivity contribution < 1.29 is 9.47 Å². The first kappa shape index (κ1) is 19.2. The quantitative estimate of drug-likeness (QED) is 0.615. The van der Waals surface area contributed by atoms with E-state index in [4.69, 9.17) is 44.3 Å². The van der Waals surface area contributed by atoms with Crippen molar-refractivity contribution in [1.29, 1.82) is 0 Å². The second kappa shape index (κ2) is 9.38. The number of halogens is 3. The first-order valence-corrected chi connectivity index (χ1v) is 8.82. The second-order valence-electron chi connectivity index (χ2n) is 5.19. The zero-order chi connectivity index (χ0) is 17.5. The summed E-state index contributed by atoms with van der Waals surface area (Å²) < 4.78 is 10.9. The Morgan fingerprint density at radius 3 is 2.38 bits per heavy atom. The third kappa shape index (κ3) is 5.18. The molecule has 0 atom stereocenters. The van der Waals surface area contributed by atoms with Crippen molar-refractivity contribution in [3.63, 3.8) is 0 Å². The van der Waals surface area contributed by atoms with Gasteiger partial charge in [-0.3, -0.25) is 0 Å². The van der Waals surface area contributed by atoms with E-state index in [0.29, 0.717) is 39.7 Å². The van der Waals surface area contributed by atoms with Crippen LogP contribution in [0.2, 0.25) is 15.1 Å². The van der Waals surface area contributed by atoms with Crippen LogP contribution in [0.25, 0.3) is 0 Å². The van der Waals surface area contributed by atoms with Crippen LogP contribution in [0.3, 0.4) is 0 Å². The van der Waals surface area contributed by atoms with Gasteiger partial charge in [0.25, 0.3) is 0 Å². The monoisotopic (exact) mass is 387 g/mol. The molecular formula is C18H20Cl3NO2. The summed E-state index contributed by atoms with van der Waals surface area (Å²) in [6, 6.07) is 9.23. The van der Waals surface area contributed by atoms with Crippen LogP contribution in [0.1, 0.15) is 18.1 Å². The molecule has 2 aromatic carbocycles. The fourth-order valence-corrected chi connectivity index (χ4v) is 3.03. The topological polar surface area (TPSA) is 30.5 Å². The van der Waals surface area contributed by atoms with E-state index in [1.54, 1.807) is 19.2 Å². The van der Waals surface area contributed by atoms with Crippen LogP contribution in [0, 0.1) is 0 Å². The van der Waals surface area contributed by atoms with Gasteiger partial charge in [0.05, 0.1) is 13.7 Å². The molecule has 0 aliphatic rings. The molecule has 0 heterocycles. The minimum Gasteiger partial charge on any atom is -0.493 e. The Hall–Kier alpha value is -1.13. The molecule has 3 nitrogen and oxygen atoms in total. The lowest BCUT2D eigenvalue weighted by atomic mass is 10.1. The highest BCUT2D eigenvalue weighted by Gasteiger charge is 2.10. The third-order valence-electron chi connectivity index (χ3n) is 3.53. The van der Waals surface area contributed by atoms with E-state index in [1.165, 1.54) is 0 Å². The summed E-state index contributed by atoms with van der Waals surface area (Å²) in [5, 5.41) is 5.34. The molecule has 0 spiro atoms. The van der Waals surface area contributed by atoms with Gasteiger partial charge in [-0.25, -0.2) is 0 Å². The lowest BCUT2D eigenvalue weighted by Crippen LogP contribution is -2.17. The van der Waals surface area contributed by atoms with E-state index < -0.39 is 0 Å². The van der Waals surface area contributed by atoms with Crippen LogP contribution in [0.5, 0.6) is 11.5 Å². The highest BCUT2D eigenvalue weighted by Crippen LogP contribution is 2.33. The predicted octanol–water partition coefficient (Wildman–Crippen LogP) is 5.39. The SMILES string of the molecule is CCOc1cc(Cl)c(CNCCc2ccc(Cl)cc2Cl)cc1OC. The predicted molar refractivity (Wildman–Crippen MR) is 101 cm³/mol. The summed E-state index contributed by atoms with van der Waals surface area (Å²) in [6.07, 6.45) is 0.807.